The molecule has 1 aromatic rings. The molecule has 2 rings (SSSR count). The number of nitrogens with zero attached hydrogens (tertiary/aromatic N) is 1. The van der Waals surface area contributed by atoms with E-state index in [0.717, 1.165) is 23.0 Å². The normalized spacial score (nSPS) is 17.6. The van der Waals surface area contributed by atoms with Gasteiger partial charge >= 0.3 is 0 Å². The molecule has 5 nitrogen and oxygen atoms in total. The van der Waals surface area contributed by atoms with Gasteiger partial charge in [-0.25, -0.2) is 0 Å². The largest absolute Gasteiger partial charge is 0.354 e. The monoisotopic (exact) mass is 417 g/mol. The first-order chi connectivity index (χ1) is 10.9. The summed E-state index contributed by atoms with van der Waals surface area (Å²) in [5, 5.41) is 2.92. The van der Waals surface area contributed by atoms with Crippen LogP contribution in [-0.4, -0.2) is 30.4 Å². The van der Waals surface area contributed by atoms with E-state index in [-0.39, 0.29) is 42.1 Å². The highest BCUT2D eigenvalue weighted by atomic mass is 79.9. The number of para-hydroxylation sites is 1. The summed E-state index contributed by atoms with van der Waals surface area (Å²) in [6.07, 6.45) is 1.84. The van der Waals surface area contributed by atoms with Crippen LogP contribution in [0.2, 0.25) is 0 Å². The van der Waals surface area contributed by atoms with Gasteiger partial charge in [0.15, 0.2) is 0 Å². The predicted octanol–water partition coefficient (Wildman–Crippen LogP) is 2.86. The van der Waals surface area contributed by atoms with E-state index in [9.17, 15) is 9.59 Å². The smallest absolute Gasteiger partial charge is 0.227 e. The number of carbonyl (C=O) groups excluding carboxylic acids is 2. The van der Waals surface area contributed by atoms with Crippen LogP contribution in [0.25, 0.3) is 0 Å². The maximum atomic E-state index is 12.4. The molecule has 1 aromatic carbocycles. The molecule has 0 bridgehead atoms. The molecule has 2 amide bonds. The summed E-state index contributed by atoms with van der Waals surface area (Å²) in [6.45, 7) is 4.88. The van der Waals surface area contributed by atoms with Gasteiger partial charge in [0.1, 0.15) is 0 Å². The van der Waals surface area contributed by atoms with Gasteiger partial charge in [0.2, 0.25) is 11.8 Å². The van der Waals surface area contributed by atoms with E-state index in [2.05, 4.69) is 21.2 Å². The minimum Gasteiger partial charge on any atom is -0.354 e. The van der Waals surface area contributed by atoms with Gasteiger partial charge in [0.05, 0.1) is 11.6 Å². The molecule has 0 aromatic heterocycles. The van der Waals surface area contributed by atoms with Crippen LogP contribution >= 0.6 is 28.3 Å². The predicted molar refractivity (Wildman–Crippen MR) is 102 cm³/mol. The number of halogens is 2. The zero-order valence-electron chi connectivity index (χ0n) is 14.0. The summed E-state index contributed by atoms with van der Waals surface area (Å²) in [7, 11) is 0. The molecular formula is C17H25BrClN3O2. The van der Waals surface area contributed by atoms with E-state index in [1.807, 2.05) is 38.1 Å². The second-order valence-corrected chi connectivity index (χ2v) is 7.00. The highest BCUT2D eigenvalue weighted by Gasteiger charge is 2.36. The number of nitrogens with two attached hydrogens (primary N) is 1. The Kier molecular flexibility index (Phi) is 7.70. The summed E-state index contributed by atoms with van der Waals surface area (Å²) in [5.41, 5.74) is 6.64. The highest BCUT2D eigenvalue weighted by Crippen LogP contribution is 2.31. The molecule has 1 heterocycles. The van der Waals surface area contributed by atoms with Crippen LogP contribution in [0.4, 0.5) is 5.69 Å². The summed E-state index contributed by atoms with van der Waals surface area (Å²) in [4.78, 5) is 26.3. The molecule has 3 N–H and O–H groups in total. The van der Waals surface area contributed by atoms with Crippen LogP contribution < -0.4 is 16.0 Å². The minimum atomic E-state index is -0.375. The Bertz CT molecular complexity index is 593. The molecule has 1 fully saturated rings. The average Bonchev–Trinajstić information content (AvgIpc) is 2.94. The van der Waals surface area contributed by atoms with Gasteiger partial charge in [-0.05, 0) is 40.9 Å². The number of carbonyl (C=O) groups is 2. The maximum Gasteiger partial charge on any atom is 0.227 e. The van der Waals surface area contributed by atoms with Crippen molar-refractivity contribution in [3.05, 3.63) is 28.7 Å². The standard InChI is InChI=1S/C17H24BrN3O2.ClH/c1-3-17(19,4-2)11-20-16(23)12-9-15(22)21(10-12)14-8-6-5-7-13(14)18;/h5-8,12H,3-4,9-11,19H2,1-2H3,(H,20,23);1H. The lowest BCUT2D eigenvalue weighted by Crippen LogP contribution is -2.50. The third kappa shape index (κ3) is 4.71. The molecule has 1 saturated heterocycles. The van der Waals surface area contributed by atoms with Gasteiger partial charge in [-0.2, -0.15) is 0 Å². The summed E-state index contributed by atoms with van der Waals surface area (Å²) in [6, 6.07) is 7.54. The molecule has 0 radical (unpaired) electrons. The molecule has 134 valence electrons. The van der Waals surface area contributed by atoms with Crippen molar-refractivity contribution in [2.45, 2.75) is 38.6 Å². The lowest BCUT2D eigenvalue weighted by atomic mass is 9.94. The SMILES string of the molecule is CCC(N)(CC)CNC(=O)C1CC(=O)N(c2ccccc2Br)C1.Cl. The number of amides is 2. The molecular weight excluding hydrogens is 394 g/mol. The molecule has 0 aliphatic carbocycles. The lowest BCUT2D eigenvalue weighted by Gasteiger charge is -2.27. The average molecular weight is 419 g/mol. The summed E-state index contributed by atoms with van der Waals surface area (Å²) >= 11 is 3.46. The molecule has 1 unspecified atom stereocenters. The Hall–Kier alpha value is -1.11. The van der Waals surface area contributed by atoms with E-state index in [1.54, 1.807) is 4.90 Å². The number of nitrogens with one attached hydrogen (secondary N) is 1. The van der Waals surface area contributed by atoms with Crippen LogP contribution in [-0.2, 0) is 9.59 Å². The Morgan fingerprint density at radius 1 is 1.38 bits per heavy atom. The molecule has 0 saturated carbocycles. The molecule has 7 heteroatoms. The Labute approximate surface area is 157 Å². The molecule has 1 aliphatic rings. The number of hydrogen-bond acceptors (Lipinski definition) is 3. The van der Waals surface area contributed by atoms with Crippen LogP contribution in [0, 0.1) is 5.92 Å². The van der Waals surface area contributed by atoms with E-state index in [0.29, 0.717) is 13.1 Å². The van der Waals surface area contributed by atoms with Crippen LogP contribution in [0.5, 0.6) is 0 Å². The molecule has 0 spiro atoms. The summed E-state index contributed by atoms with van der Waals surface area (Å²) < 4.78 is 0.854. The van der Waals surface area contributed by atoms with E-state index in [4.69, 9.17) is 5.73 Å². The van der Waals surface area contributed by atoms with Crippen LogP contribution in [0.15, 0.2) is 28.7 Å². The first-order valence-corrected chi connectivity index (χ1v) is 8.81. The fourth-order valence-corrected chi connectivity index (χ4v) is 3.19. The highest BCUT2D eigenvalue weighted by molar-refractivity contribution is 9.10. The first-order valence-electron chi connectivity index (χ1n) is 8.01. The van der Waals surface area contributed by atoms with Crippen molar-refractivity contribution in [3.63, 3.8) is 0 Å². The van der Waals surface area contributed by atoms with Crippen molar-refractivity contribution in [3.8, 4) is 0 Å². The van der Waals surface area contributed by atoms with E-state index in [1.165, 1.54) is 0 Å². The van der Waals surface area contributed by atoms with Crippen molar-refractivity contribution < 1.29 is 9.59 Å². The Morgan fingerprint density at radius 3 is 2.58 bits per heavy atom. The molecule has 1 atom stereocenters. The van der Waals surface area contributed by atoms with Gasteiger partial charge in [0.25, 0.3) is 0 Å². The quantitative estimate of drug-likeness (QED) is 0.746. The van der Waals surface area contributed by atoms with Gasteiger partial charge in [-0.3, -0.25) is 9.59 Å². The number of hydrogen-bond donors (Lipinski definition) is 2. The fraction of sp³-hybridized carbons (Fsp3) is 0.529. The number of benzene rings is 1. The Balaban J connectivity index is 0.00000288. The second kappa shape index (κ2) is 8.83. The number of rotatable bonds is 6. The van der Waals surface area contributed by atoms with Gasteiger partial charge in [-0.15, -0.1) is 12.4 Å². The fourth-order valence-electron chi connectivity index (χ4n) is 2.69. The third-order valence-corrected chi connectivity index (χ3v) is 5.33. The number of anilines is 1. The van der Waals surface area contributed by atoms with Crippen molar-refractivity contribution >= 4 is 45.8 Å². The maximum absolute atomic E-state index is 12.4. The third-order valence-electron chi connectivity index (χ3n) is 4.66. The van der Waals surface area contributed by atoms with Gasteiger partial charge < -0.3 is 16.0 Å². The Morgan fingerprint density at radius 2 is 2.00 bits per heavy atom. The molecule has 1 aliphatic heterocycles. The zero-order valence-corrected chi connectivity index (χ0v) is 16.5. The van der Waals surface area contributed by atoms with Gasteiger partial charge in [0, 0.05) is 29.5 Å². The van der Waals surface area contributed by atoms with Crippen molar-refractivity contribution in [1.82, 2.24) is 5.32 Å². The zero-order chi connectivity index (χ0) is 17.0. The first kappa shape index (κ1) is 20.9. The van der Waals surface area contributed by atoms with Crippen molar-refractivity contribution in [1.29, 1.82) is 0 Å². The second-order valence-electron chi connectivity index (χ2n) is 6.14. The molecule has 24 heavy (non-hydrogen) atoms. The van der Waals surface area contributed by atoms with Crippen molar-refractivity contribution in [2.75, 3.05) is 18.0 Å². The summed E-state index contributed by atoms with van der Waals surface area (Å²) in [5.74, 6) is -0.445. The topological polar surface area (TPSA) is 75.4 Å². The van der Waals surface area contributed by atoms with E-state index < -0.39 is 0 Å². The lowest BCUT2D eigenvalue weighted by molar-refractivity contribution is -0.126. The van der Waals surface area contributed by atoms with Crippen molar-refractivity contribution in [2.24, 2.45) is 11.7 Å². The van der Waals surface area contributed by atoms with Crippen LogP contribution in [0.1, 0.15) is 33.1 Å². The minimum absolute atomic E-state index is 0. The van der Waals surface area contributed by atoms with Crippen LogP contribution in [0.3, 0.4) is 0 Å². The van der Waals surface area contributed by atoms with Gasteiger partial charge in [-0.1, -0.05) is 26.0 Å². The van der Waals surface area contributed by atoms with E-state index >= 15 is 0 Å².